The molecule has 2 aromatic rings. The lowest BCUT2D eigenvalue weighted by molar-refractivity contribution is -0.139. The van der Waals surface area contributed by atoms with Crippen LogP contribution in [0, 0.1) is 0 Å². The smallest absolute Gasteiger partial charge is 0.330 e. The first-order valence-electron chi connectivity index (χ1n) is 38.7. The number of esters is 1. The monoisotopic (exact) mass is 1800 g/mol. The Morgan fingerprint density at radius 1 is 0.512 bits per heavy atom. The summed E-state index contributed by atoms with van der Waals surface area (Å²) in [6, 6.07) is -0.419. The van der Waals surface area contributed by atoms with Gasteiger partial charge in [-0.25, -0.2) is 18.8 Å². The topological polar surface area (TPSA) is 490 Å². The maximum atomic E-state index is 14.3. The second-order valence-corrected chi connectivity index (χ2v) is 55.8. The van der Waals surface area contributed by atoms with Gasteiger partial charge in [0.2, 0.25) is 5.78 Å². The Labute approximate surface area is 704 Å². The number of urea groups is 1. The SMILES string of the molecule is C=C1N(C)C(=O)C=CN1C1O[C@H](CCP(=C)(C)C)[C@@H](O)[C@H]1OC.C=C1NC(=O)C=CN1C1O[C@H](CCP(=C)(C)C)[C@@H](O)[C@H]1OC.C=C1NC(=O)NC=C1C1O[C@H](CCP(=C)(C)C)[C@@H](O)[C@H]1F.C=P(C)(C)CC[C@H]1OC(n2cc(C(=O)CC(C)=O)c(=O)[nH]c2=O)[C@H](O)[C@@H]1O.C=P(C)(C)CC[C@H]1OC(n2cc(C(=O)COC(C)=O)c(=O)[nH]c2=O)[C@H](O)[C@@H]1O. The molecule has 0 spiro atoms. The highest BCUT2D eigenvalue weighted by atomic mass is 31.2. The number of likely N-dealkylation sites (N-methyl/N-ethyl adjacent to an activating group) is 1. The maximum absolute atomic E-state index is 14.3. The minimum atomic E-state index is -1.54. The number of amides is 4. The van der Waals surface area contributed by atoms with Crippen LogP contribution in [0.2, 0.25) is 0 Å². The van der Waals surface area contributed by atoms with E-state index in [9.17, 15) is 92.9 Å². The fourth-order valence-corrected chi connectivity index (χ4v) is 18.3. The van der Waals surface area contributed by atoms with Gasteiger partial charge in [0.15, 0.2) is 43.5 Å². The molecule has 36 nitrogen and oxygen atoms in total. The highest BCUT2D eigenvalue weighted by Gasteiger charge is 2.51. The van der Waals surface area contributed by atoms with Gasteiger partial charge >= 0.3 is 23.4 Å². The molecule has 0 aliphatic carbocycles. The number of nitrogens with one attached hydrogen (secondary N) is 5. The first kappa shape index (κ1) is 103. The quantitative estimate of drug-likeness (QED) is 0.0247. The zero-order valence-electron chi connectivity index (χ0n) is 71.5. The number of methoxy groups -OCH3 is 2. The number of carbonyl (C=O) groups excluding carboxylic acids is 7. The first-order chi connectivity index (χ1) is 55.9. The molecule has 5 unspecified atom stereocenters. The number of H-pyrrole nitrogens is 2. The molecule has 10 heterocycles. The van der Waals surface area contributed by atoms with Crippen molar-refractivity contribution in [1.29, 1.82) is 0 Å². The fraction of sp³-hybridized carbons (Fsp3) is 0.595. The Morgan fingerprint density at radius 3 is 1.27 bits per heavy atom. The predicted octanol–water partition coefficient (Wildman–Crippen LogP) is 1.23. The summed E-state index contributed by atoms with van der Waals surface area (Å²) >= 11 is 0. The molecule has 2 aromatic heterocycles. The summed E-state index contributed by atoms with van der Waals surface area (Å²) in [4.78, 5) is 137. The van der Waals surface area contributed by atoms with Crippen LogP contribution < -0.4 is 38.4 Å². The van der Waals surface area contributed by atoms with Crippen LogP contribution in [0.3, 0.4) is 0 Å². The Hall–Kier alpha value is -7.04. The first-order valence-corrected chi connectivity index (χ1v) is 54.0. The zero-order chi connectivity index (χ0) is 91.4. The molecule has 0 aromatic carbocycles. The van der Waals surface area contributed by atoms with Crippen molar-refractivity contribution >= 4 is 107 Å². The van der Waals surface area contributed by atoms with Gasteiger partial charge < -0.3 is 99.4 Å². The third-order valence-electron chi connectivity index (χ3n) is 20.3. The van der Waals surface area contributed by atoms with E-state index >= 15 is 0 Å². The number of rotatable bonds is 28. The summed E-state index contributed by atoms with van der Waals surface area (Å²) in [6.07, 6.45) is 19.0. The van der Waals surface area contributed by atoms with Crippen molar-refractivity contribution in [3.8, 4) is 0 Å². The van der Waals surface area contributed by atoms with Gasteiger partial charge in [0, 0.05) is 82.6 Å². The lowest BCUT2D eigenvalue weighted by Gasteiger charge is -2.37. The molecule has 0 bridgehead atoms. The molecule has 4 amide bonds. The van der Waals surface area contributed by atoms with Crippen LogP contribution in [0.1, 0.15) is 85.5 Å². The van der Waals surface area contributed by atoms with Gasteiger partial charge in [-0.3, -0.25) is 62.4 Å². The van der Waals surface area contributed by atoms with E-state index in [0.29, 0.717) is 48.3 Å². The largest absolute Gasteiger partial charge is 0.457 e. The minimum absolute atomic E-state index is 0.140. The molecule has 121 heavy (non-hydrogen) atoms. The number of hydrogen-bond acceptors (Lipinski definition) is 28. The molecular weight excluding hydrogens is 1680 g/mol. The number of halogens is 1. The molecule has 678 valence electrons. The van der Waals surface area contributed by atoms with E-state index in [-0.39, 0.29) is 29.6 Å². The van der Waals surface area contributed by atoms with Crippen LogP contribution >= 0.6 is 34.4 Å². The van der Waals surface area contributed by atoms with Crippen LogP contribution in [0.25, 0.3) is 0 Å². The van der Waals surface area contributed by atoms with Crippen molar-refractivity contribution < 1.29 is 112 Å². The number of carbonyl (C=O) groups is 7. The number of alkyl halides is 1. The number of ketones is 3. The van der Waals surface area contributed by atoms with Crippen LogP contribution in [0.4, 0.5) is 9.18 Å². The maximum Gasteiger partial charge on any atom is 0.330 e. The Morgan fingerprint density at radius 2 is 0.893 bits per heavy atom. The van der Waals surface area contributed by atoms with E-state index in [4.69, 9.17) is 33.2 Å². The van der Waals surface area contributed by atoms with E-state index in [1.807, 2.05) is 36.6 Å². The number of Topliss-reactive ketones (excluding diaryl/α,β-unsaturated/α-hetero) is 3. The molecule has 20 atom stereocenters. The summed E-state index contributed by atoms with van der Waals surface area (Å²) in [5, 5.41) is 79.7. The normalized spacial score (nSPS) is 29.2. The molecule has 0 saturated carbocycles. The van der Waals surface area contributed by atoms with Crippen LogP contribution in [0.5, 0.6) is 0 Å². The summed E-state index contributed by atoms with van der Waals surface area (Å²) in [5.74, 6) is -2.14. The van der Waals surface area contributed by atoms with Crippen LogP contribution in [-0.2, 0) is 57.1 Å². The van der Waals surface area contributed by atoms with Crippen molar-refractivity contribution in [1.82, 2.24) is 49.8 Å². The second kappa shape index (κ2) is 43.2. The summed E-state index contributed by atoms with van der Waals surface area (Å²) in [7, 11) is 4.75. The molecule has 8 aliphatic heterocycles. The lowest BCUT2D eigenvalue weighted by Crippen LogP contribution is -2.47. The van der Waals surface area contributed by atoms with Gasteiger partial charge in [0.1, 0.15) is 84.0 Å². The van der Waals surface area contributed by atoms with Crippen molar-refractivity contribution in [3.05, 3.63) is 139 Å². The Kier molecular flexibility index (Phi) is 36.7. The number of hydrogen-bond donors (Lipinski definition) is 12. The lowest BCUT2D eigenvalue weighted by atomic mass is 10.00. The number of ether oxygens (including phenoxy) is 8. The average Bonchev–Trinajstić information content (AvgIpc) is 1.71. The van der Waals surface area contributed by atoms with E-state index in [2.05, 4.69) is 112 Å². The van der Waals surface area contributed by atoms with Crippen LogP contribution in [0.15, 0.2) is 105 Å². The molecule has 5 fully saturated rings. The molecule has 8 aliphatic rings. The van der Waals surface area contributed by atoms with E-state index < -0.39 is 215 Å². The van der Waals surface area contributed by atoms with Gasteiger partial charge in [0.05, 0.1) is 42.5 Å². The van der Waals surface area contributed by atoms with Crippen molar-refractivity contribution in [2.75, 3.05) is 125 Å². The predicted molar refractivity (Wildman–Crippen MR) is 472 cm³/mol. The number of nitrogens with zero attached hydrogens (tertiary/aromatic N) is 5. The van der Waals surface area contributed by atoms with Gasteiger partial charge in [-0.15, -0.1) is 65.9 Å². The Balaban J connectivity index is 0.000000235. The number of aromatic amines is 2. The summed E-state index contributed by atoms with van der Waals surface area (Å²) < 4.78 is 60.5. The molecule has 42 heteroatoms. The second-order valence-electron chi connectivity index (χ2n) is 34.2. The number of aromatic nitrogens is 4. The van der Waals surface area contributed by atoms with E-state index in [1.54, 1.807) is 43.5 Å². The van der Waals surface area contributed by atoms with E-state index in [1.165, 1.54) is 30.2 Å². The highest BCUT2D eigenvalue weighted by molar-refractivity contribution is 7.73. The molecule has 10 rings (SSSR count). The van der Waals surface area contributed by atoms with Crippen molar-refractivity contribution in [3.63, 3.8) is 0 Å². The van der Waals surface area contributed by atoms with Crippen LogP contribution in [-0.4, -0.2) is 378 Å². The minimum Gasteiger partial charge on any atom is -0.457 e. The molecule has 12 N–H and O–H groups in total. The van der Waals surface area contributed by atoms with Crippen molar-refractivity contribution in [2.45, 2.75) is 175 Å². The summed E-state index contributed by atoms with van der Waals surface area (Å²) in [5.41, 5.74) is -3.76. The molecular formula is C79H124FN10O26P5. The van der Waals surface area contributed by atoms with Gasteiger partial charge in [-0.05, 0) is 136 Å². The van der Waals surface area contributed by atoms with Gasteiger partial charge in [-0.1, -0.05) is 19.7 Å². The third kappa shape index (κ3) is 29.0. The fourth-order valence-electron chi connectivity index (χ4n) is 13.5. The zero-order valence-corrected chi connectivity index (χ0v) is 75.9. The Bertz CT molecular complexity index is 4760. The van der Waals surface area contributed by atoms with E-state index in [0.717, 1.165) is 65.9 Å². The average molecular weight is 1800 g/mol. The highest BCUT2D eigenvalue weighted by Crippen LogP contribution is 2.45. The molecule has 5 saturated heterocycles. The third-order valence-corrected chi connectivity index (χ3v) is 27.7. The number of aliphatic hydroxyl groups is 7. The standard InChI is InChI=1S/C17H25N2O8P.C17H25N2O7P.C16H27N2O4P.C15H25N2O4P.C14H22FN2O3P/c1-9(20)26-8-11(21)10-7-19(17(25)18-15(10)24)16-14(23)13(22)12(27-16)5-6-28(2,3)4;1-9(20)7-11(21)10-8-19(17(25)18-15(10)24)16-14(23)13(22)12(26-16)5-6-27(2,3)4;1-11-17(2)13(19)7-9-18(11)16-15(21-3)14(20)12(22-16)8-10-23(4,5)6;1-10-16-12(18)6-8-17(10)15-14(20-2)13(19)11(21-15)7-9-22(3,4)5;1-8-9(7-16-14(19)17-8)13-11(15)12(18)10(20-13)5-6-21(2,3)4/h7,12-14,16,22-23H,2,5-6,8H2,1,3-4H3,(H,18,24,25);8,12-14,16,22-23H,2,5-7H2,1,3-4H3,(H,18,24,25);7,9,12,14-16,20H,1,4,8,10H2,2-3,5-6H3;6,8,11,13-15,19H,1,3,7,9H2,2,4-5H3,(H,16,18);7,10-13,18H,1-2,5-6H2,3-4H3,(H2,16,17,19)/t2*12-,13-,14-,16?;12-,14-,15-,16?;11-,13-,14-,15?;10-,11-,12-,13?/m11111/s1. The summed E-state index contributed by atoms with van der Waals surface area (Å²) in [6.45, 7) is 27.6. The van der Waals surface area contributed by atoms with Crippen molar-refractivity contribution in [2.24, 2.45) is 0 Å². The number of aliphatic hydroxyl groups excluding tert-OH is 7. The van der Waals surface area contributed by atoms with Gasteiger partial charge in [0.25, 0.3) is 22.9 Å². The molecule has 0 radical (unpaired) electrons. The van der Waals surface area contributed by atoms with Gasteiger partial charge in [-0.2, -0.15) is 0 Å².